The summed E-state index contributed by atoms with van der Waals surface area (Å²) in [5.41, 5.74) is 4.93. The second-order valence-corrected chi connectivity index (χ2v) is 10.0. The molecule has 0 spiro atoms. The van der Waals surface area contributed by atoms with Gasteiger partial charge in [0.05, 0.1) is 24.6 Å². The number of benzene rings is 3. The van der Waals surface area contributed by atoms with Crippen LogP contribution < -0.4 is 10.1 Å². The molecule has 37 heavy (non-hydrogen) atoms. The number of rotatable bonds is 7. The first-order valence-corrected chi connectivity index (χ1v) is 13.2. The molecule has 0 aliphatic carbocycles. The number of carbonyl (C=O) groups is 2. The third kappa shape index (κ3) is 5.44. The molecule has 0 unspecified atom stereocenters. The first-order chi connectivity index (χ1) is 18.1. The molecular formula is C29H28N4O3S. The highest BCUT2D eigenvalue weighted by molar-refractivity contribution is 8.15. The highest BCUT2D eigenvalue weighted by Crippen LogP contribution is 2.38. The molecule has 2 aliphatic rings. The first kappa shape index (κ1) is 24.8. The summed E-state index contributed by atoms with van der Waals surface area (Å²) in [6.45, 7) is 2.13. The molecule has 0 saturated heterocycles. The van der Waals surface area contributed by atoms with Crippen LogP contribution in [0.15, 0.2) is 89.0 Å². The molecule has 3 aromatic rings. The van der Waals surface area contributed by atoms with Crippen LogP contribution in [0.25, 0.3) is 0 Å². The number of aliphatic imine (C=N–C) groups is 1. The van der Waals surface area contributed by atoms with Crippen molar-refractivity contribution in [3.63, 3.8) is 0 Å². The summed E-state index contributed by atoms with van der Waals surface area (Å²) >= 11 is 1.30. The van der Waals surface area contributed by atoms with E-state index < -0.39 is 5.25 Å². The van der Waals surface area contributed by atoms with Gasteiger partial charge in [-0.3, -0.25) is 9.59 Å². The van der Waals surface area contributed by atoms with Crippen molar-refractivity contribution in [1.29, 1.82) is 0 Å². The molecule has 0 radical (unpaired) electrons. The number of ether oxygens (including phenoxy) is 1. The van der Waals surface area contributed by atoms with Crippen molar-refractivity contribution in [3.8, 4) is 5.75 Å². The van der Waals surface area contributed by atoms with Crippen molar-refractivity contribution in [1.82, 2.24) is 5.01 Å². The molecule has 2 heterocycles. The van der Waals surface area contributed by atoms with Crippen molar-refractivity contribution >= 4 is 40.1 Å². The average Bonchev–Trinajstić information content (AvgIpc) is 3.53. The molecule has 0 aromatic heterocycles. The van der Waals surface area contributed by atoms with Gasteiger partial charge >= 0.3 is 0 Å². The van der Waals surface area contributed by atoms with Crippen molar-refractivity contribution in [2.24, 2.45) is 10.1 Å². The van der Waals surface area contributed by atoms with Crippen LogP contribution >= 0.6 is 11.8 Å². The molecule has 2 aliphatic heterocycles. The zero-order valence-electron chi connectivity index (χ0n) is 20.8. The van der Waals surface area contributed by atoms with E-state index in [2.05, 4.69) is 41.5 Å². The zero-order valence-corrected chi connectivity index (χ0v) is 21.6. The third-order valence-electron chi connectivity index (χ3n) is 6.47. The Morgan fingerprint density at radius 3 is 2.51 bits per heavy atom. The summed E-state index contributed by atoms with van der Waals surface area (Å²) < 4.78 is 5.31. The Bertz CT molecular complexity index is 1360. The highest BCUT2D eigenvalue weighted by atomic mass is 32.2. The number of amides is 2. The predicted molar refractivity (Wildman–Crippen MR) is 148 cm³/mol. The van der Waals surface area contributed by atoms with E-state index in [0.717, 1.165) is 23.3 Å². The van der Waals surface area contributed by atoms with Crippen LogP contribution in [-0.2, 0) is 16.0 Å². The van der Waals surface area contributed by atoms with Gasteiger partial charge in [-0.25, -0.2) is 5.01 Å². The van der Waals surface area contributed by atoms with E-state index in [9.17, 15) is 9.59 Å². The molecule has 7 nitrogen and oxygen atoms in total. The zero-order chi connectivity index (χ0) is 25.8. The van der Waals surface area contributed by atoms with Crippen LogP contribution in [0.4, 0.5) is 5.69 Å². The topological polar surface area (TPSA) is 83.4 Å². The monoisotopic (exact) mass is 512 g/mol. The van der Waals surface area contributed by atoms with Crippen molar-refractivity contribution in [2.75, 3.05) is 12.4 Å². The smallest absolute Gasteiger partial charge is 0.262 e. The number of carbonyl (C=O) groups excluding carboxylic acids is 2. The molecule has 188 valence electrons. The van der Waals surface area contributed by atoms with Gasteiger partial charge in [-0.05, 0) is 35.2 Å². The third-order valence-corrected chi connectivity index (χ3v) is 7.61. The molecule has 0 bridgehead atoms. The van der Waals surface area contributed by atoms with E-state index in [4.69, 9.17) is 9.84 Å². The Hall–Kier alpha value is -3.91. The number of amidine groups is 1. The van der Waals surface area contributed by atoms with Crippen LogP contribution in [-0.4, -0.2) is 40.1 Å². The van der Waals surface area contributed by atoms with Gasteiger partial charge in [0.2, 0.25) is 5.91 Å². The van der Waals surface area contributed by atoms with Gasteiger partial charge in [0, 0.05) is 12.8 Å². The molecule has 5 rings (SSSR count). The summed E-state index contributed by atoms with van der Waals surface area (Å²) in [5, 5.41) is 9.52. The van der Waals surface area contributed by atoms with Gasteiger partial charge in [0.1, 0.15) is 11.0 Å². The van der Waals surface area contributed by atoms with Crippen molar-refractivity contribution in [3.05, 3.63) is 95.6 Å². The standard InChI is InChI=1S/C29H28N4O3S/c1-3-19-13-15-21(16-14-19)24-17-23(20-9-5-4-6-10-20)32-33(24)29-31-28(35)26(37-29)18-27(34)30-22-11-7-8-12-25(22)36-2/h4-16,24,26H,3,17-18H2,1-2H3,(H,30,34)/t24-,26-/m1/s1. The Labute approximate surface area is 220 Å². The fraction of sp³-hybridized carbons (Fsp3) is 0.241. The lowest BCUT2D eigenvalue weighted by Crippen LogP contribution is -2.25. The van der Waals surface area contributed by atoms with Crippen molar-refractivity contribution < 1.29 is 14.3 Å². The molecule has 0 saturated carbocycles. The second-order valence-electron chi connectivity index (χ2n) is 8.86. The minimum absolute atomic E-state index is 0.00745. The number of hydrogen-bond acceptors (Lipinski definition) is 6. The fourth-order valence-electron chi connectivity index (χ4n) is 4.45. The Balaban J connectivity index is 1.34. The van der Waals surface area contributed by atoms with Crippen LogP contribution in [0.3, 0.4) is 0 Å². The number of hydrazone groups is 1. The summed E-state index contributed by atoms with van der Waals surface area (Å²) in [6.07, 6.45) is 1.67. The number of anilines is 1. The molecule has 1 N–H and O–H groups in total. The lowest BCUT2D eigenvalue weighted by molar-refractivity contribution is -0.121. The lowest BCUT2D eigenvalue weighted by Gasteiger charge is -2.23. The van der Waals surface area contributed by atoms with E-state index >= 15 is 0 Å². The van der Waals surface area contributed by atoms with Gasteiger partial charge in [0.25, 0.3) is 5.91 Å². The first-order valence-electron chi connectivity index (χ1n) is 12.3. The van der Waals surface area contributed by atoms with Gasteiger partial charge in [-0.2, -0.15) is 10.1 Å². The summed E-state index contributed by atoms with van der Waals surface area (Å²) in [5.74, 6) is -0.0259. The SMILES string of the molecule is CCc1ccc([C@H]2CC(c3ccccc3)=NN2C2=NC(=O)[C@@H](CC(=O)Nc3ccccc3OC)S2)cc1. The number of aryl methyl sites for hydroxylation is 1. The molecule has 8 heteroatoms. The van der Waals surface area contributed by atoms with E-state index in [-0.39, 0.29) is 24.3 Å². The molecule has 2 atom stereocenters. The largest absolute Gasteiger partial charge is 0.495 e. The number of thioether (sulfide) groups is 1. The highest BCUT2D eigenvalue weighted by Gasteiger charge is 2.39. The summed E-state index contributed by atoms with van der Waals surface area (Å²) in [7, 11) is 1.55. The van der Waals surface area contributed by atoms with E-state index in [1.807, 2.05) is 47.5 Å². The normalized spacial score (nSPS) is 19.0. The van der Waals surface area contributed by atoms with Gasteiger partial charge < -0.3 is 10.1 Å². The summed E-state index contributed by atoms with van der Waals surface area (Å²) in [6, 6.07) is 25.7. The van der Waals surface area contributed by atoms with Crippen LogP contribution in [0.2, 0.25) is 0 Å². The van der Waals surface area contributed by atoms with E-state index in [1.165, 1.54) is 17.3 Å². The van der Waals surface area contributed by atoms with Gasteiger partial charge in [-0.15, -0.1) is 0 Å². The average molecular weight is 513 g/mol. The minimum Gasteiger partial charge on any atom is -0.495 e. The maximum absolute atomic E-state index is 12.8. The summed E-state index contributed by atoms with van der Waals surface area (Å²) in [4.78, 5) is 29.9. The maximum atomic E-state index is 12.8. The fourth-order valence-corrected chi connectivity index (χ4v) is 5.51. The van der Waals surface area contributed by atoms with Gasteiger partial charge in [0.15, 0.2) is 5.17 Å². The number of para-hydroxylation sites is 2. The Kier molecular flexibility index (Phi) is 7.37. The van der Waals surface area contributed by atoms with Crippen LogP contribution in [0.5, 0.6) is 5.75 Å². The van der Waals surface area contributed by atoms with E-state index in [0.29, 0.717) is 23.0 Å². The molecule has 2 amide bonds. The second kappa shape index (κ2) is 11.0. The quantitative estimate of drug-likeness (QED) is 0.456. The number of nitrogens with zero attached hydrogens (tertiary/aromatic N) is 3. The Morgan fingerprint density at radius 1 is 1.05 bits per heavy atom. The lowest BCUT2D eigenvalue weighted by atomic mass is 9.97. The minimum atomic E-state index is -0.608. The molecule has 0 fully saturated rings. The van der Waals surface area contributed by atoms with Crippen LogP contribution in [0.1, 0.15) is 42.5 Å². The number of methoxy groups -OCH3 is 1. The van der Waals surface area contributed by atoms with Gasteiger partial charge in [-0.1, -0.05) is 85.4 Å². The maximum Gasteiger partial charge on any atom is 0.262 e. The number of hydrogen-bond donors (Lipinski definition) is 1. The molecule has 3 aromatic carbocycles. The number of nitrogens with one attached hydrogen (secondary N) is 1. The predicted octanol–water partition coefficient (Wildman–Crippen LogP) is 5.44. The van der Waals surface area contributed by atoms with E-state index in [1.54, 1.807) is 19.2 Å². The van der Waals surface area contributed by atoms with Crippen molar-refractivity contribution in [2.45, 2.75) is 37.5 Å². The van der Waals surface area contributed by atoms with Crippen LogP contribution in [0, 0.1) is 0 Å². The molecular weight excluding hydrogens is 484 g/mol. The Morgan fingerprint density at radius 2 is 1.78 bits per heavy atom.